The summed E-state index contributed by atoms with van der Waals surface area (Å²) < 4.78 is 44.5. The molecule has 0 radical (unpaired) electrons. The molecule has 0 aliphatic carbocycles. The number of pyridine rings is 2. The molecule has 0 bridgehead atoms. The molecule has 5 rings (SSSR count). The predicted octanol–water partition coefficient (Wildman–Crippen LogP) is 5.79. The van der Waals surface area contributed by atoms with Crippen molar-refractivity contribution in [3.05, 3.63) is 65.4 Å². The van der Waals surface area contributed by atoms with E-state index >= 15 is 0 Å². The number of amides is 1. The Balaban J connectivity index is 1.36. The van der Waals surface area contributed by atoms with Crippen LogP contribution in [-0.4, -0.2) is 78.6 Å². The smallest absolute Gasteiger partial charge is 0.455 e. The Hall–Kier alpha value is -4.19. The normalized spacial score (nSPS) is 17.9. The van der Waals surface area contributed by atoms with E-state index < -0.39 is 23.3 Å². The first-order chi connectivity index (χ1) is 22.4. The van der Waals surface area contributed by atoms with Gasteiger partial charge in [-0.15, -0.1) is 0 Å². The Kier molecular flexibility index (Phi) is 10.7. The van der Waals surface area contributed by atoms with Crippen molar-refractivity contribution in [1.29, 1.82) is 0 Å². The fraction of sp³-hybridized carbons (Fsp3) is 0.486. The molecule has 1 amide bonds. The van der Waals surface area contributed by atoms with Crippen LogP contribution in [0.2, 0.25) is 0 Å². The van der Waals surface area contributed by atoms with E-state index in [9.17, 15) is 22.8 Å². The van der Waals surface area contributed by atoms with E-state index in [1.165, 1.54) is 6.07 Å². The van der Waals surface area contributed by atoms with Gasteiger partial charge in [0.25, 0.3) is 11.7 Å². The lowest BCUT2D eigenvalue weighted by Crippen LogP contribution is -2.42. The number of benzene rings is 1. The van der Waals surface area contributed by atoms with Gasteiger partial charge in [-0.25, -0.2) is 9.97 Å². The van der Waals surface area contributed by atoms with Gasteiger partial charge >= 0.3 is 6.18 Å². The minimum absolute atomic E-state index is 0.0681. The maximum Gasteiger partial charge on any atom is 0.455 e. The summed E-state index contributed by atoms with van der Waals surface area (Å²) in [5.74, 6) is -0.892. The van der Waals surface area contributed by atoms with Crippen molar-refractivity contribution in [1.82, 2.24) is 20.2 Å². The van der Waals surface area contributed by atoms with Crippen LogP contribution in [0.3, 0.4) is 0 Å². The summed E-state index contributed by atoms with van der Waals surface area (Å²) >= 11 is 0. The van der Waals surface area contributed by atoms with Crippen molar-refractivity contribution in [3.8, 4) is 17.0 Å². The third-order valence-electron chi connectivity index (χ3n) is 9.23. The second kappa shape index (κ2) is 14.7. The number of ether oxygens (including phenoxy) is 1. The van der Waals surface area contributed by atoms with Gasteiger partial charge < -0.3 is 25.6 Å². The lowest BCUT2D eigenvalue weighted by atomic mass is 9.92. The molecule has 3 aromatic rings. The molecule has 3 N–H and O–H groups in total. The zero-order valence-electron chi connectivity index (χ0n) is 27.1. The minimum Gasteiger partial charge on any atom is -0.496 e. The zero-order valence-corrected chi connectivity index (χ0v) is 27.1. The number of likely N-dealkylation sites (tertiary alicyclic amines) is 1. The van der Waals surface area contributed by atoms with Crippen molar-refractivity contribution in [2.45, 2.75) is 58.2 Å². The van der Waals surface area contributed by atoms with E-state index in [-0.39, 0.29) is 11.8 Å². The average molecular weight is 653 g/mol. The summed E-state index contributed by atoms with van der Waals surface area (Å²) in [6.07, 6.45) is -0.834. The average Bonchev–Trinajstić information content (AvgIpc) is 3.06. The number of piperidine rings is 2. The Morgan fingerprint density at radius 1 is 0.979 bits per heavy atom. The fourth-order valence-electron chi connectivity index (χ4n) is 6.57. The summed E-state index contributed by atoms with van der Waals surface area (Å²) in [4.78, 5) is 39.2. The highest BCUT2D eigenvalue weighted by Crippen LogP contribution is 2.33. The van der Waals surface area contributed by atoms with E-state index in [0.717, 1.165) is 50.4 Å². The number of alkyl halides is 3. The van der Waals surface area contributed by atoms with E-state index in [2.05, 4.69) is 33.9 Å². The van der Waals surface area contributed by atoms with Crippen molar-refractivity contribution in [2.75, 3.05) is 50.5 Å². The number of nitrogens with one attached hydrogen (secondary N) is 1. The number of hydrogen-bond acceptors (Lipinski definition) is 8. The van der Waals surface area contributed by atoms with E-state index in [0.29, 0.717) is 66.5 Å². The molecule has 47 heavy (non-hydrogen) atoms. The fourth-order valence-corrected chi connectivity index (χ4v) is 6.57. The number of ketones is 1. The summed E-state index contributed by atoms with van der Waals surface area (Å²) in [5, 5.41) is 3.18. The number of Topliss-reactive ketones (excluding diaryl/α,β-unsaturated/α-hetero) is 1. The second-order valence-corrected chi connectivity index (χ2v) is 12.8. The summed E-state index contributed by atoms with van der Waals surface area (Å²) in [7, 11) is 1.61. The number of para-hydroxylation sites is 1. The number of nitrogens with zero attached hydrogens (tertiary/aromatic N) is 4. The molecule has 252 valence electrons. The third-order valence-corrected chi connectivity index (χ3v) is 9.23. The molecule has 1 atom stereocenters. The number of rotatable bonds is 10. The lowest BCUT2D eigenvalue weighted by Gasteiger charge is -2.35. The number of halogens is 3. The SMILES string of the molecule is COc1ccccc1-c1ccc(C(=O)NCC2CCN(C(C)C)CC2)c(N2CCCC(Cc3ccc(C(=O)C(F)(F)F)c(N)n3)C2)n1. The van der Waals surface area contributed by atoms with Crippen LogP contribution in [0.5, 0.6) is 5.75 Å². The summed E-state index contributed by atoms with van der Waals surface area (Å²) in [6.45, 7) is 8.30. The zero-order chi connectivity index (χ0) is 33.7. The van der Waals surface area contributed by atoms with Gasteiger partial charge in [0, 0.05) is 36.9 Å². The number of carbonyl (C=O) groups excluding carboxylic acids is 2. The van der Waals surface area contributed by atoms with Gasteiger partial charge in [0.05, 0.1) is 23.9 Å². The highest BCUT2D eigenvalue weighted by atomic mass is 19.4. The molecule has 1 aromatic carbocycles. The number of nitrogens with two attached hydrogens (primary N) is 1. The Bertz CT molecular complexity index is 1570. The van der Waals surface area contributed by atoms with Crippen LogP contribution in [0.4, 0.5) is 24.8 Å². The van der Waals surface area contributed by atoms with Gasteiger partial charge in [-0.05, 0) is 107 Å². The van der Waals surface area contributed by atoms with E-state index in [1.807, 2.05) is 36.4 Å². The van der Waals surface area contributed by atoms with Gasteiger partial charge in [0.1, 0.15) is 17.4 Å². The lowest BCUT2D eigenvalue weighted by molar-refractivity contribution is -0.0884. The van der Waals surface area contributed by atoms with Crippen LogP contribution < -0.4 is 20.7 Å². The van der Waals surface area contributed by atoms with Crippen molar-refractivity contribution in [2.24, 2.45) is 11.8 Å². The van der Waals surface area contributed by atoms with Crippen molar-refractivity contribution >= 4 is 23.3 Å². The van der Waals surface area contributed by atoms with Gasteiger partial charge in [0.2, 0.25) is 0 Å². The molecular weight excluding hydrogens is 609 g/mol. The number of aromatic nitrogens is 2. The van der Waals surface area contributed by atoms with Gasteiger partial charge in [-0.2, -0.15) is 13.2 Å². The molecule has 2 aromatic heterocycles. The predicted molar refractivity (Wildman–Crippen MR) is 176 cm³/mol. The second-order valence-electron chi connectivity index (χ2n) is 12.8. The van der Waals surface area contributed by atoms with Crippen LogP contribution >= 0.6 is 0 Å². The van der Waals surface area contributed by atoms with Crippen LogP contribution in [0.1, 0.15) is 65.9 Å². The molecular formula is C35H43F3N6O3. The first kappa shape index (κ1) is 34.2. The van der Waals surface area contributed by atoms with Gasteiger partial charge in [-0.3, -0.25) is 9.59 Å². The van der Waals surface area contributed by atoms with Crippen LogP contribution in [0, 0.1) is 11.8 Å². The first-order valence-electron chi connectivity index (χ1n) is 16.2. The van der Waals surface area contributed by atoms with Gasteiger partial charge in [-0.1, -0.05) is 12.1 Å². The molecule has 0 spiro atoms. The minimum atomic E-state index is -5.03. The molecule has 2 saturated heterocycles. The number of carbonyl (C=O) groups is 2. The van der Waals surface area contributed by atoms with Crippen molar-refractivity contribution < 1.29 is 27.5 Å². The van der Waals surface area contributed by atoms with Crippen LogP contribution in [0.15, 0.2) is 48.5 Å². The van der Waals surface area contributed by atoms with Gasteiger partial charge in [0.15, 0.2) is 0 Å². The van der Waals surface area contributed by atoms with E-state index in [1.54, 1.807) is 7.11 Å². The monoisotopic (exact) mass is 652 g/mol. The van der Waals surface area contributed by atoms with Crippen LogP contribution in [-0.2, 0) is 6.42 Å². The topological polar surface area (TPSA) is 114 Å². The Labute approximate surface area is 273 Å². The first-order valence-corrected chi connectivity index (χ1v) is 16.2. The molecule has 12 heteroatoms. The molecule has 1 unspecified atom stereocenters. The van der Waals surface area contributed by atoms with Crippen molar-refractivity contribution in [3.63, 3.8) is 0 Å². The molecule has 4 heterocycles. The number of hydrogen-bond donors (Lipinski definition) is 2. The largest absolute Gasteiger partial charge is 0.496 e. The molecule has 2 fully saturated rings. The highest BCUT2D eigenvalue weighted by Gasteiger charge is 2.40. The number of methoxy groups -OCH3 is 1. The highest BCUT2D eigenvalue weighted by molar-refractivity contribution is 6.03. The van der Waals surface area contributed by atoms with E-state index in [4.69, 9.17) is 15.5 Å². The molecule has 9 nitrogen and oxygen atoms in total. The Morgan fingerprint density at radius 3 is 2.38 bits per heavy atom. The summed E-state index contributed by atoms with van der Waals surface area (Å²) in [6, 6.07) is 14.3. The maximum atomic E-state index is 13.7. The maximum absolute atomic E-state index is 13.7. The number of nitrogen functional groups attached to an aromatic ring is 1. The standard InChI is InChI=1S/C35H43F3N6O3/c1-22(2)43-17-14-23(15-18-43)20-40-34(46)28-12-13-29(26-8-4-5-9-30(26)47-3)42-33(28)44-16-6-7-24(21-44)19-25-10-11-27(32(39)41-25)31(45)35(36,37)38/h4-5,8-13,22-24H,6-7,14-21H2,1-3H3,(H2,39,41)(H,40,46). The third kappa shape index (κ3) is 8.22. The molecule has 2 aliphatic rings. The molecule has 0 saturated carbocycles. The number of anilines is 2. The summed E-state index contributed by atoms with van der Waals surface area (Å²) in [5.41, 5.74) is 7.61. The quantitative estimate of drug-likeness (QED) is 0.265. The van der Waals surface area contributed by atoms with Crippen LogP contribution in [0.25, 0.3) is 11.3 Å². The molecule has 2 aliphatic heterocycles. The Morgan fingerprint density at radius 2 is 1.70 bits per heavy atom.